The fourth-order valence-electron chi connectivity index (χ4n) is 2.29. The highest BCUT2D eigenvalue weighted by Gasteiger charge is 2.02. The second kappa shape index (κ2) is 9.51. The Morgan fingerprint density at radius 2 is 1.65 bits per heavy atom. The Bertz CT molecular complexity index is 599. The standard InChI is InChI=1S/C19H24N2O2/c1-2-17-10-6-7-11-18(17)23-15-14-21-19(22)20-13-12-16-8-4-3-5-9-16/h3-11H,2,12-15H2,1H3,(H2,20,21,22). The molecule has 23 heavy (non-hydrogen) atoms. The number of carbonyl (C=O) groups is 1. The van der Waals surface area contributed by atoms with Crippen LogP contribution < -0.4 is 15.4 Å². The number of benzene rings is 2. The molecule has 0 aliphatic rings. The molecule has 0 saturated heterocycles. The van der Waals surface area contributed by atoms with Gasteiger partial charge >= 0.3 is 6.03 Å². The fourth-order valence-corrected chi connectivity index (χ4v) is 2.29. The quantitative estimate of drug-likeness (QED) is 0.736. The van der Waals surface area contributed by atoms with E-state index in [9.17, 15) is 4.79 Å². The van der Waals surface area contributed by atoms with Crippen molar-refractivity contribution in [1.82, 2.24) is 10.6 Å². The lowest BCUT2D eigenvalue weighted by molar-refractivity contribution is 0.236. The lowest BCUT2D eigenvalue weighted by Gasteiger charge is -2.11. The highest BCUT2D eigenvalue weighted by molar-refractivity contribution is 5.73. The van der Waals surface area contributed by atoms with E-state index in [4.69, 9.17) is 4.74 Å². The van der Waals surface area contributed by atoms with E-state index in [1.807, 2.05) is 36.4 Å². The minimum absolute atomic E-state index is 0.159. The molecule has 0 atom stereocenters. The molecule has 2 amide bonds. The number of amides is 2. The zero-order chi connectivity index (χ0) is 16.3. The predicted molar refractivity (Wildman–Crippen MR) is 92.9 cm³/mol. The van der Waals surface area contributed by atoms with Crippen LogP contribution in [0.3, 0.4) is 0 Å². The van der Waals surface area contributed by atoms with E-state index in [2.05, 4.69) is 35.8 Å². The summed E-state index contributed by atoms with van der Waals surface area (Å²) in [6.45, 7) is 3.66. The maximum absolute atomic E-state index is 11.7. The largest absolute Gasteiger partial charge is 0.491 e. The predicted octanol–water partition coefficient (Wildman–Crippen LogP) is 3.17. The summed E-state index contributed by atoms with van der Waals surface area (Å²) in [6, 6.07) is 17.9. The van der Waals surface area contributed by atoms with Gasteiger partial charge in [-0.1, -0.05) is 55.5 Å². The Labute approximate surface area is 137 Å². The van der Waals surface area contributed by atoms with Crippen molar-refractivity contribution in [1.29, 1.82) is 0 Å². The van der Waals surface area contributed by atoms with Crippen molar-refractivity contribution in [3.63, 3.8) is 0 Å². The van der Waals surface area contributed by atoms with Gasteiger partial charge in [0.1, 0.15) is 12.4 Å². The number of ether oxygens (including phenoxy) is 1. The molecule has 0 fully saturated rings. The third-order valence-electron chi connectivity index (χ3n) is 3.54. The molecule has 0 aromatic heterocycles. The third kappa shape index (κ3) is 6.02. The van der Waals surface area contributed by atoms with Crippen LogP contribution in [0.25, 0.3) is 0 Å². The molecule has 2 N–H and O–H groups in total. The minimum Gasteiger partial charge on any atom is -0.491 e. The topological polar surface area (TPSA) is 50.4 Å². The summed E-state index contributed by atoms with van der Waals surface area (Å²) in [5, 5.41) is 5.65. The van der Waals surface area contributed by atoms with Gasteiger partial charge < -0.3 is 15.4 Å². The molecule has 0 unspecified atom stereocenters. The first kappa shape index (κ1) is 16.9. The van der Waals surface area contributed by atoms with Crippen molar-refractivity contribution in [3.05, 3.63) is 65.7 Å². The van der Waals surface area contributed by atoms with Gasteiger partial charge in [-0.2, -0.15) is 0 Å². The molecule has 0 heterocycles. The van der Waals surface area contributed by atoms with E-state index in [0.717, 1.165) is 18.6 Å². The normalized spacial score (nSPS) is 10.1. The zero-order valence-electron chi connectivity index (χ0n) is 13.5. The van der Waals surface area contributed by atoms with Gasteiger partial charge in [0.15, 0.2) is 0 Å². The van der Waals surface area contributed by atoms with Gasteiger partial charge in [-0.25, -0.2) is 4.79 Å². The van der Waals surface area contributed by atoms with Crippen molar-refractivity contribution in [2.45, 2.75) is 19.8 Å². The Morgan fingerprint density at radius 3 is 2.43 bits per heavy atom. The van der Waals surface area contributed by atoms with Crippen molar-refractivity contribution in [3.8, 4) is 5.75 Å². The Kier molecular flexibility index (Phi) is 6.98. The molecular formula is C19H24N2O2. The van der Waals surface area contributed by atoms with Crippen molar-refractivity contribution >= 4 is 6.03 Å². The van der Waals surface area contributed by atoms with Gasteiger partial charge in [0.05, 0.1) is 6.54 Å². The van der Waals surface area contributed by atoms with E-state index in [1.165, 1.54) is 11.1 Å². The van der Waals surface area contributed by atoms with Crippen molar-refractivity contribution in [2.75, 3.05) is 19.7 Å². The summed E-state index contributed by atoms with van der Waals surface area (Å²) >= 11 is 0. The maximum Gasteiger partial charge on any atom is 0.314 e. The molecule has 4 heteroatoms. The summed E-state index contributed by atoms with van der Waals surface area (Å²) in [5.41, 5.74) is 2.40. The molecule has 0 spiro atoms. The van der Waals surface area contributed by atoms with Crippen LogP contribution in [-0.4, -0.2) is 25.7 Å². The van der Waals surface area contributed by atoms with Gasteiger partial charge in [0, 0.05) is 6.54 Å². The first-order valence-electron chi connectivity index (χ1n) is 8.06. The average molecular weight is 312 g/mol. The van der Waals surface area contributed by atoms with Crippen LogP contribution in [-0.2, 0) is 12.8 Å². The number of aryl methyl sites for hydroxylation is 1. The molecule has 2 aromatic carbocycles. The van der Waals surface area contributed by atoms with Crippen molar-refractivity contribution < 1.29 is 9.53 Å². The number of hydrogen-bond acceptors (Lipinski definition) is 2. The van der Waals surface area contributed by atoms with E-state index in [0.29, 0.717) is 19.7 Å². The summed E-state index contributed by atoms with van der Waals surface area (Å²) in [6.07, 6.45) is 1.76. The van der Waals surface area contributed by atoms with Crippen LogP contribution in [0.4, 0.5) is 4.79 Å². The van der Waals surface area contributed by atoms with Crippen LogP contribution in [0.1, 0.15) is 18.1 Å². The Balaban J connectivity index is 1.59. The summed E-state index contributed by atoms with van der Waals surface area (Å²) in [7, 11) is 0. The third-order valence-corrected chi connectivity index (χ3v) is 3.54. The second-order valence-corrected chi connectivity index (χ2v) is 5.23. The highest BCUT2D eigenvalue weighted by atomic mass is 16.5. The fraction of sp³-hybridized carbons (Fsp3) is 0.316. The minimum atomic E-state index is -0.159. The van der Waals surface area contributed by atoms with E-state index < -0.39 is 0 Å². The summed E-state index contributed by atoms with van der Waals surface area (Å²) in [5.74, 6) is 0.890. The van der Waals surface area contributed by atoms with Gasteiger partial charge in [-0.3, -0.25) is 0 Å². The second-order valence-electron chi connectivity index (χ2n) is 5.23. The average Bonchev–Trinajstić information content (AvgIpc) is 2.60. The van der Waals surface area contributed by atoms with Crippen LogP contribution in [0, 0.1) is 0 Å². The molecule has 0 bridgehead atoms. The number of nitrogens with one attached hydrogen (secondary N) is 2. The molecule has 0 aliphatic heterocycles. The van der Waals surface area contributed by atoms with Crippen LogP contribution >= 0.6 is 0 Å². The van der Waals surface area contributed by atoms with Crippen molar-refractivity contribution in [2.24, 2.45) is 0 Å². The van der Waals surface area contributed by atoms with E-state index >= 15 is 0 Å². The Hall–Kier alpha value is -2.49. The molecule has 4 nitrogen and oxygen atoms in total. The molecule has 2 aromatic rings. The van der Waals surface area contributed by atoms with Gasteiger partial charge in [0.2, 0.25) is 0 Å². The maximum atomic E-state index is 11.7. The summed E-state index contributed by atoms with van der Waals surface area (Å²) < 4.78 is 5.71. The number of rotatable bonds is 8. The lowest BCUT2D eigenvalue weighted by Crippen LogP contribution is -2.38. The van der Waals surface area contributed by atoms with Gasteiger partial charge in [-0.05, 0) is 30.0 Å². The molecule has 0 saturated carbocycles. The molecule has 0 aliphatic carbocycles. The molecule has 122 valence electrons. The van der Waals surface area contributed by atoms with Crippen LogP contribution in [0.5, 0.6) is 5.75 Å². The lowest BCUT2D eigenvalue weighted by atomic mass is 10.1. The smallest absolute Gasteiger partial charge is 0.314 e. The molecular weight excluding hydrogens is 288 g/mol. The highest BCUT2D eigenvalue weighted by Crippen LogP contribution is 2.17. The Morgan fingerprint density at radius 1 is 0.957 bits per heavy atom. The van der Waals surface area contributed by atoms with E-state index in [-0.39, 0.29) is 6.03 Å². The SMILES string of the molecule is CCc1ccccc1OCCNC(=O)NCCc1ccccc1. The van der Waals surface area contributed by atoms with Crippen LogP contribution in [0.2, 0.25) is 0 Å². The first-order chi connectivity index (χ1) is 11.3. The number of urea groups is 1. The zero-order valence-corrected chi connectivity index (χ0v) is 13.5. The number of para-hydroxylation sites is 1. The molecule has 2 rings (SSSR count). The monoisotopic (exact) mass is 312 g/mol. The van der Waals surface area contributed by atoms with E-state index in [1.54, 1.807) is 0 Å². The molecule has 0 radical (unpaired) electrons. The number of hydrogen-bond donors (Lipinski definition) is 2. The van der Waals surface area contributed by atoms with Crippen LogP contribution in [0.15, 0.2) is 54.6 Å². The van der Waals surface area contributed by atoms with Gasteiger partial charge in [-0.15, -0.1) is 0 Å². The number of carbonyl (C=O) groups excluding carboxylic acids is 1. The summed E-state index contributed by atoms with van der Waals surface area (Å²) in [4.78, 5) is 11.7. The van der Waals surface area contributed by atoms with Gasteiger partial charge in [0.25, 0.3) is 0 Å². The first-order valence-corrected chi connectivity index (χ1v) is 8.06.